The Bertz CT molecular complexity index is 303. The van der Waals surface area contributed by atoms with Gasteiger partial charge in [0.1, 0.15) is 0 Å². The Morgan fingerprint density at radius 2 is 2.38 bits per heavy atom. The molecule has 3 N–H and O–H groups in total. The summed E-state index contributed by atoms with van der Waals surface area (Å²) in [5, 5.41) is 3.21. The highest BCUT2D eigenvalue weighted by Gasteiger charge is 2.17. The molecule has 2 unspecified atom stereocenters. The lowest BCUT2D eigenvalue weighted by atomic mass is 9.95. The highest BCUT2D eigenvalue weighted by Crippen LogP contribution is 2.15. The maximum absolute atomic E-state index is 5.58. The van der Waals surface area contributed by atoms with Gasteiger partial charge in [-0.3, -0.25) is 11.3 Å². The Labute approximate surface area is 101 Å². The van der Waals surface area contributed by atoms with Crippen LogP contribution < -0.4 is 11.3 Å². The lowest BCUT2D eigenvalue weighted by Crippen LogP contribution is -2.42. The van der Waals surface area contributed by atoms with Crippen molar-refractivity contribution in [2.24, 2.45) is 11.8 Å². The van der Waals surface area contributed by atoms with Crippen LogP contribution in [0.1, 0.15) is 24.0 Å². The summed E-state index contributed by atoms with van der Waals surface area (Å²) in [7, 11) is 1.72. The number of hydrazine groups is 1. The second-order valence-corrected chi connectivity index (χ2v) is 5.16. The number of hydrogen-bond acceptors (Lipinski definition) is 5. The molecule has 0 aliphatic carbocycles. The number of nitrogens with zero attached hydrogens (tertiary/aromatic N) is 1. The summed E-state index contributed by atoms with van der Waals surface area (Å²) in [4.78, 5) is 4.45. The van der Waals surface area contributed by atoms with Crippen molar-refractivity contribution >= 4 is 11.3 Å². The average Bonchev–Trinajstić information content (AvgIpc) is 2.68. The minimum atomic E-state index is 0.261. The fourth-order valence-electron chi connectivity index (χ4n) is 1.66. The van der Waals surface area contributed by atoms with E-state index in [1.165, 1.54) is 0 Å². The van der Waals surface area contributed by atoms with Gasteiger partial charge in [0, 0.05) is 31.6 Å². The molecule has 4 nitrogen and oxygen atoms in total. The van der Waals surface area contributed by atoms with Crippen LogP contribution >= 0.6 is 11.3 Å². The van der Waals surface area contributed by atoms with E-state index in [2.05, 4.69) is 22.7 Å². The Morgan fingerprint density at radius 3 is 2.88 bits per heavy atom. The Morgan fingerprint density at radius 1 is 1.62 bits per heavy atom. The Hall–Kier alpha value is -0.490. The van der Waals surface area contributed by atoms with Gasteiger partial charge in [-0.1, -0.05) is 6.92 Å². The monoisotopic (exact) mass is 243 g/mol. The zero-order valence-electron chi connectivity index (χ0n) is 10.2. The van der Waals surface area contributed by atoms with Crippen molar-refractivity contribution in [1.29, 1.82) is 0 Å². The molecule has 0 bridgehead atoms. The van der Waals surface area contributed by atoms with E-state index < -0.39 is 0 Å². The molecular weight excluding hydrogens is 222 g/mol. The zero-order valence-corrected chi connectivity index (χ0v) is 11.0. The van der Waals surface area contributed by atoms with Crippen LogP contribution in [0.4, 0.5) is 0 Å². The van der Waals surface area contributed by atoms with E-state index in [9.17, 15) is 0 Å². The predicted molar refractivity (Wildman–Crippen MR) is 67.3 cm³/mol. The van der Waals surface area contributed by atoms with Crippen LogP contribution in [0.25, 0.3) is 0 Å². The summed E-state index contributed by atoms with van der Waals surface area (Å²) < 4.78 is 5.08. The van der Waals surface area contributed by atoms with Crippen molar-refractivity contribution in [3.8, 4) is 0 Å². The van der Waals surface area contributed by atoms with E-state index in [0.29, 0.717) is 5.92 Å². The standard InChI is InChI=1S/C11H21N3OS/c1-8(4-5-15-3)11(14-12)6-10-7-16-9(2)13-10/h7-8,11,14H,4-6,12H2,1-3H3. The first kappa shape index (κ1) is 13.6. The van der Waals surface area contributed by atoms with Gasteiger partial charge in [0.15, 0.2) is 0 Å². The van der Waals surface area contributed by atoms with Crippen molar-refractivity contribution in [2.75, 3.05) is 13.7 Å². The van der Waals surface area contributed by atoms with Crippen LogP contribution in [-0.4, -0.2) is 24.7 Å². The Balaban J connectivity index is 2.47. The fraction of sp³-hybridized carbons (Fsp3) is 0.727. The van der Waals surface area contributed by atoms with E-state index in [4.69, 9.17) is 10.6 Å². The van der Waals surface area contributed by atoms with E-state index in [1.807, 2.05) is 6.92 Å². The highest BCUT2D eigenvalue weighted by molar-refractivity contribution is 7.09. The van der Waals surface area contributed by atoms with Crippen LogP contribution in [0.3, 0.4) is 0 Å². The van der Waals surface area contributed by atoms with Crippen LogP contribution in [0.15, 0.2) is 5.38 Å². The lowest BCUT2D eigenvalue weighted by Gasteiger charge is -2.22. The summed E-state index contributed by atoms with van der Waals surface area (Å²) in [6.45, 7) is 4.98. The topological polar surface area (TPSA) is 60.2 Å². The molecule has 1 aromatic heterocycles. The number of nitrogens with two attached hydrogens (primary N) is 1. The first-order chi connectivity index (χ1) is 7.67. The summed E-state index contributed by atoms with van der Waals surface area (Å²) in [5.41, 5.74) is 4.00. The molecule has 92 valence electrons. The van der Waals surface area contributed by atoms with Crippen molar-refractivity contribution in [2.45, 2.75) is 32.7 Å². The van der Waals surface area contributed by atoms with Crippen LogP contribution in [0, 0.1) is 12.8 Å². The third-order valence-electron chi connectivity index (χ3n) is 2.77. The first-order valence-electron chi connectivity index (χ1n) is 5.53. The van der Waals surface area contributed by atoms with E-state index in [-0.39, 0.29) is 6.04 Å². The van der Waals surface area contributed by atoms with E-state index >= 15 is 0 Å². The maximum atomic E-state index is 5.58. The van der Waals surface area contributed by atoms with E-state index in [1.54, 1.807) is 18.4 Å². The second kappa shape index (κ2) is 6.96. The highest BCUT2D eigenvalue weighted by atomic mass is 32.1. The third-order valence-corrected chi connectivity index (χ3v) is 3.60. The molecule has 0 saturated heterocycles. The number of rotatable bonds is 7. The summed E-state index contributed by atoms with van der Waals surface area (Å²) >= 11 is 1.68. The second-order valence-electron chi connectivity index (χ2n) is 4.09. The van der Waals surface area contributed by atoms with Gasteiger partial charge < -0.3 is 4.74 Å². The van der Waals surface area contributed by atoms with Crippen molar-refractivity contribution in [3.63, 3.8) is 0 Å². The molecule has 0 aliphatic rings. The molecular formula is C11H21N3OS. The molecule has 0 radical (unpaired) electrons. The molecule has 0 amide bonds. The van der Waals surface area contributed by atoms with E-state index in [0.717, 1.165) is 30.2 Å². The third kappa shape index (κ3) is 4.17. The van der Waals surface area contributed by atoms with Gasteiger partial charge in [0.05, 0.1) is 10.7 Å². The SMILES string of the molecule is COCCC(C)C(Cc1csc(C)n1)NN. The molecule has 16 heavy (non-hydrogen) atoms. The molecule has 5 heteroatoms. The number of aryl methyl sites for hydroxylation is 1. The molecule has 0 aromatic carbocycles. The largest absolute Gasteiger partial charge is 0.385 e. The molecule has 0 spiro atoms. The first-order valence-corrected chi connectivity index (χ1v) is 6.41. The lowest BCUT2D eigenvalue weighted by molar-refractivity contribution is 0.170. The molecule has 0 aliphatic heterocycles. The summed E-state index contributed by atoms with van der Waals surface area (Å²) in [6, 6.07) is 0.261. The average molecular weight is 243 g/mol. The number of thiazole rings is 1. The van der Waals surface area contributed by atoms with Gasteiger partial charge in [-0.2, -0.15) is 0 Å². The quantitative estimate of drug-likeness (QED) is 0.563. The Kier molecular flexibility index (Phi) is 5.90. The number of hydrogen-bond donors (Lipinski definition) is 2. The normalized spacial score (nSPS) is 15.0. The van der Waals surface area contributed by atoms with Gasteiger partial charge >= 0.3 is 0 Å². The molecule has 0 fully saturated rings. The minimum Gasteiger partial charge on any atom is -0.385 e. The summed E-state index contributed by atoms with van der Waals surface area (Å²) in [6.07, 6.45) is 1.89. The van der Waals surface area contributed by atoms with Crippen molar-refractivity contribution in [3.05, 3.63) is 16.1 Å². The van der Waals surface area contributed by atoms with Crippen LogP contribution in [-0.2, 0) is 11.2 Å². The van der Waals surface area contributed by atoms with Gasteiger partial charge in [-0.25, -0.2) is 4.98 Å². The number of ether oxygens (including phenoxy) is 1. The van der Waals surface area contributed by atoms with Gasteiger partial charge in [-0.05, 0) is 19.3 Å². The van der Waals surface area contributed by atoms with Gasteiger partial charge in [-0.15, -0.1) is 11.3 Å². The van der Waals surface area contributed by atoms with Crippen LogP contribution in [0.5, 0.6) is 0 Å². The fourth-order valence-corrected chi connectivity index (χ4v) is 2.28. The summed E-state index contributed by atoms with van der Waals surface area (Å²) in [5.74, 6) is 6.06. The minimum absolute atomic E-state index is 0.261. The number of aromatic nitrogens is 1. The smallest absolute Gasteiger partial charge is 0.0897 e. The zero-order chi connectivity index (χ0) is 12.0. The molecule has 1 rings (SSSR count). The molecule has 2 atom stereocenters. The maximum Gasteiger partial charge on any atom is 0.0897 e. The number of methoxy groups -OCH3 is 1. The predicted octanol–water partition coefficient (Wildman–Crippen LogP) is 1.50. The van der Waals surface area contributed by atoms with Gasteiger partial charge in [0.2, 0.25) is 0 Å². The molecule has 1 aromatic rings. The molecule has 0 saturated carbocycles. The van der Waals surface area contributed by atoms with Crippen molar-refractivity contribution in [1.82, 2.24) is 10.4 Å². The molecule has 1 heterocycles. The van der Waals surface area contributed by atoms with Gasteiger partial charge in [0.25, 0.3) is 0 Å². The van der Waals surface area contributed by atoms with Crippen molar-refractivity contribution < 1.29 is 4.74 Å². The van der Waals surface area contributed by atoms with Crippen LogP contribution in [0.2, 0.25) is 0 Å². The number of nitrogens with one attached hydrogen (secondary N) is 1.